The van der Waals surface area contributed by atoms with Crippen LogP contribution in [0.2, 0.25) is 0 Å². The van der Waals surface area contributed by atoms with E-state index in [4.69, 9.17) is 0 Å². The number of rotatable bonds is 3. The molecule has 0 spiro atoms. The predicted molar refractivity (Wildman–Crippen MR) is 69.6 cm³/mol. The van der Waals surface area contributed by atoms with E-state index < -0.39 is 0 Å². The molecule has 2 saturated heterocycles. The molecule has 0 aromatic rings. The molecule has 2 heterocycles. The lowest BCUT2D eigenvalue weighted by Crippen LogP contribution is -2.50. The average molecular weight is 224 g/mol. The van der Waals surface area contributed by atoms with Crippen LogP contribution in [0.3, 0.4) is 0 Å². The van der Waals surface area contributed by atoms with Crippen molar-refractivity contribution in [3.8, 4) is 0 Å². The van der Waals surface area contributed by atoms with Crippen molar-refractivity contribution in [2.75, 3.05) is 32.7 Å². The van der Waals surface area contributed by atoms with Crippen molar-refractivity contribution < 1.29 is 0 Å². The van der Waals surface area contributed by atoms with E-state index in [1.165, 1.54) is 52.0 Å². The minimum Gasteiger partial charge on any atom is -0.317 e. The van der Waals surface area contributed by atoms with Gasteiger partial charge in [-0.3, -0.25) is 0 Å². The fraction of sp³-hybridized carbons (Fsp3) is 1.00. The molecule has 2 aliphatic rings. The first-order valence-electron chi connectivity index (χ1n) is 6.96. The Bertz CT molecular complexity index is 207. The predicted octanol–water partition coefficient (Wildman–Crippen LogP) is 2.35. The van der Waals surface area contributed by atoms with Gasteiger partial charge in [0.15, 0.2) is 0 Å². The van der Waals surface area contributed by atoms with Gasteiger partial charge in [0.25, 0.3) is 0 Å². The molecule has 0 bridgehead atoms. The number of likely N-dealkylation sites (tertiary alicyclic amines) is 1. The quantitative estimate of drug-likeness (QED) is 0.791. The van der Waals surface area contributed by atoms with Crippen LogP contribution >= 0.6 is 0 Å². The molecule has 0 unspecified atom stereocenters. The maximum atomic E-state index is 3.45. The van der Waals surface area contributed by atoms with Gasteiger partial charge in [-0.15, -0.1) is 0 Å². The molecule has 16 heavy (non-hydrogen) atoms. The topological polar surface area (TPSA) is 15.3 Å². The molecule has 2 heteroatoms. The Kier molecular flexibility index (Phi) is 3.91. The van der Waals surface area contributed by atoms with E-state index in [-0.39, 0.29) is 0 Å². The lowest BCUT2D eigenvalue weighted by Gasteiger charge is -2.44. The van der Waals surface area contributed by atoms with Crippen LogP contribution in [0.1, 0.15) is 40.0 Å². The van der Waals surface area contributed by atoms with Crippen LogP contribution in [0.15, 0.2) is 0 Å². The van der Waals surface area contributed by atoms with E-state index in [1.807, 2.05) is 0 Å². The highest BCUT2D eigenvalue weighted by molar-refractivity contribution is 4.85. The standard InChI is InChI=1S/C14H28N2/c1-14(2,3)8-13-10-16(11-13)9-12-4-6-15-7-5-12/h12-13,15H,4-11H2,1-3H3. The Morgan fingerprint density at radius 1 is 1.06 bits per heavy atom. The van der Waals surface area contributed by atoms with Crippen LogP contribution in [0, 0.1) is 17.3 Å². The minimum atomic E-state index is 0.519. The van der Waals surface area contributed by atoms with Crippen LogP contribution in [-0.4, -0.2) is 37.6 Å². The van der Waals surface area contributed by atoms with E-state index in [2.05, 4.69) is 31.0 Å². The SMILES string of the molecule is CC(C)(C)CC1CN(CC2CCNCC2)C1. The first-order valence-corrected chi connectivity index (χ1v) is 6.96. The number of hydrogen-bond acceptors (Lipinski definition) is 2. The monoisotopic (exact) mass is 224 g/mol. The van der Waals surface area contributed by atoms with Gasteiger partial charge in [-0.05, 0) is 49.6 Å². The van der Waals surface area contributed by atoms with Crippen molar-refractivity contribution in [1.29, 1.82) is 0 Å². The van der Waals surface area contributed by atoms with Crippen LogP contribution in [0.5, 0.6) is 0 Å². The van der Waals surface area contributed by atoms with Crippen LogP contribution in [-0.2, 0) is 0 Å². The molecule has 0 atom stereocenters. The molecule has 0 saturated carbocycles. The van der Waals surface area contributed by atoms with Gasteiger partial charge < -0.3 is 10.2 Å². The van der Waals surface area contributed by atoms with E-state index >= 15 is 0 Å². The van der Waals surface area contributed by atoms with E-state index in [9.17, 15) is 0 Å². The molecular weight excluding hydrogens is 196 g/mol. The van der Waals surface area contributed by atoms with Crippen molar-refractivity contribution in [1.82, 2.24) is 10.2 Å². The number of nitrogens with zero attached hydrogens (tertiary/aromatic N) is 1. The van der Waals surface area contributed by atoms with Crippen molar-refractivity contribution in [3.63, 3.8) is 0 Å². The zero-order chi connectivity index (χ0) is 11.6. The summed E-state index contributed by atoms with van der Waals surface area (Å²) in [4.78, 5) is 2.67. The molecule has 2 aliphatic heterocycles. The Morgan fingerprint density at radius 3 is 2.25 bits per heavy atom. The lowest BCUT2D eigenvalue weighted by atomic mass is 9.80. The Hall–Kier alpha value is -0.0800. The van der Waals surface area contributed by atoms with Crippen molar-refractivity contribution >= 4 is 0 Å². The molecule has 0 radical (unpaired) electrons. The van der Waals surface area contributed by atoms with Gasteiger partial charge in [-0.1, -0.05) is 20.8 Å². The summed E-state index contributed by atoms with van der Waals surface area (Å²) in [5, 5.41) is 3.45. The molecule has 0 aromatic carbocycles. The Balaban J connectivity index is 1.61. The maximum Gasteiger partial charge on any atom is 0.00223 e. The number of piperidine rings is 1. The van der Waals surface area contributed by atoms with Gasteiger partial charge in [0.05, 0.1) is 0 Å². The van der Waals surface area contributed by atoms with E-state index in [0.717, 1.165) is 11.8 Å². The third kappa shape index (κ3) is 3.74. The zero-order valence-corrected chi connectivity index (χ0v) is 11.3. The highest BCUT2D eigenvalue weighted by Gasteiger charge is 2.31. The van der Waals surface area contributed by atoms with Crippen molar-refractivity contribution in [2.24, 2.45) is 17.3 Å². The molecule has 1 N–H and O–H groups in total. The summed E-state index contributed by atoms with van der Waals surface area (Å²) in [5.74, 6) is 1.94. The van der Waals surface area contributed by atoms with E-state index in [0.29, 0.717) is 5.41 Å². The normalized spacial score (nSPS) is 25.7. The second kappa shape index (κ2) is 5.05. The van der Waals surface area contributed by atoms with Crippen molar-refractivity contribution in [2.45, 2.75) is 40.0 Å². The molecular formula is C14H28N2. The Labute approximate surface area is 101 Å². The summed E-state index contributed by atoms with van der Waals surface area (Å²) in [6.07, 6.45) is 4.18. The average Bonchev–Trinajstić information content (AvgIpc) is 2.14. The fourth-order valence-electron chi connectivity index (χ4n) is 3.25. The zero-order valence-electron chi connectivity index (χ0n) is 11.3. The fourth-order valence-corrected chi connectivity index (χ4v) is 3.25. The molecule has 0 aliphatic carbocycles. The minimum absolute atomic E-state index is 0.519. The summed E-state index contributed by atoms with van der Waals surface area (Å²) < 4.78 is 0. The van der Waals surface area contributed by atoms with E-state index in [1.54, 1.807) is 0 Å². The first-order chi connectivity index (χ1) is 7.53. The van der Waals surface area contributed by atoms with Gasteiger partial charge in [0.1, 0.15) is 0 Å². The number of nitrogens with one attached hydrogen (secondary N) is 1. The Morgan fingerprint density at radius 2 is 1.69 bits per heavy atom. The summed E-state index contributed by atoms with van der Waals surface area (Å²) >= 11 is 0. The van der Waals surface area contributed by atoms with Gasteiger partial charge in [0.2, 0.25) is 0 Å². The summed E-state index contributed by atoms with van der Waals surface area (Å²) in [7, 11) is 0. The van der Waals surface area contributed by atoms with Gasteiger partial charge >= 0.3 is 0 Å². The number of hydrogen-bond donors (Lipinski definition) is 1. The van der Waals surface area contributed by atoms with Crippen LogP contribution < -0.4 is 5.32 Å². The van der Waals surface area contributed by atoms with Gasteiger partial charge in [-0.2, -0.15) is 0 Å². The maximum absolute atomic E-state index is 3.45. The molecule has 2 fully saturated rings. The molecule has 2 rings (SSSR count). The largest absolute Gasteiger partial charge is 0.317 e. The third-order valence-corrected chi connectivity index (χ3v) is 3.91. The molecule has 94 valence electrons. The summed E-state index contributed by atoms with van der Waals surface area (Å²) in [6.45, 7) is 13.7. The van der Waals surface area contributed by atoms with Gasteiger partial charge in [0, 0.05) is 19.6 Å². The highest BCUT2D eigenvalue weighted by Crippen LogP contribution is 2.31. The van der Waals surface area contributed by atoms with Crippen molar-refractivity contribution in [3.05, 3.63) is 0 Å². The second-order valence-corrected chi connectivity index (χ2v) is 7.04. The van der Waals surface area contributed by atoms with Crippen LogP contribution in [0.25, 0.3) is 0 Å². The van der Waals surface area contributed by atoms with Gasteiger partial charge in [-0.25, -0.2) is 0 Å². The lowest BCUT2D eigenvalue weighted by molar-refractivity contribution is 0.0501. The smallest absolute Gasteiger partial charge is 0.00223 e. The van der Waals surface area contributed by atoms with Crippen LogP contribution in [0.4, 0.5) is 0 Å². The molecule has 2 nitrogen and oxygen atoms in total. The summed E-state index contributed by atoms with van der Waals surface area (Å²) in [6, 6.07) is 0. The molecule has 0 amide bonds. The summed E-state index contributed by atoms with van der Waals surface area (Å²) in [5.41, 5.74) is 0.519. The first kappa shape index (κ1) is 12.4. The third-order valence-electron chi connectivity index (χ3n) is 3.91. The second-order valence-electron chi connectivity index (χ2n) is 7.04. The highest BCUT2D eigenvalue weighted by atomic mass is 15.2. The molecule has 0 aromatic heterocycles.